The third-order valence-corrected chi connectivity index (χ3v) is 3.86. The lowest BCUT2D eigenvalue weighted by atomic mass is 10.2. The highest BCUT2D eigenvalue weighted by atomic mass is 19.1. The number of carbonyl (C=O) groups is 2. The lowest BCUT2D eigenvalue weighted by Crippen LogP contribution is -2.30. The first-order valence-corrected chi connectivity index (χ1v) is 8.05. The number of carbonyl (C=O) groups excluding carboxylic acids is 2. The molecule has 1 N–H and O–H groups in total. The summed E-state index contributed by atoms with van der Waals surface area (Å²) in [5.41, 5.74) is 1.24. The van der Waals surface area contributed by atoms with E-state index in [1.54, 1.807) is 13.0 Å². The quantitative estimate of drug-likeness (QED) is 0.710. The molecule has 0 spiro atoms. The Morgan fingerprint density at radius 2 is 1.89 bits per heavy atom. The third kappa shape index (κ3) is 3.62. The second-order valence-electron chi connectivity index (χ2n) is 5.97. The van der Waals surface area contributed by atoms with Gasteiger partial charge in [-0.25, -0.2) is 23.1 Å². The van der Waals surface area contributed by atoms with E-state index in [2.05, 4.69) is 15.4 Å². The maximum atomic E-state index is 13.6. The summed E-state index contributed by atoms with van der Waals surface area (Å²) in [5, 5.41) is 6.16. The molecular formula is C18H16F2N4O3. The van der Waals surface area contributed by atoms with Crippen molar-refractivity contribution in [2.75, 3.05) is 5.32 Å². The molecule has 7 nitrogen and oxygen atoms in total. The molecule has 0 saturated heterocycles. The van der Waals surface area contributed by atoms with Crippen LogP contribution in [0.5, 0.6) is 0 Å². The minimum atomic E-state index is -1.29. The minimum Gasteiger partial charge on any atom is -0.449 e. The molecule has 140 valence electrons. The SMILES string of the molecule is Cc1cc(C)n2ncc(C(=O)O[C@@H](C)C(=O)Nc3c(F)cccc3F)c2n1. The van der Waals surface area contributed by atoms with Crippen LogP contribution in [0.1, 0.15) is 28.7 Å². The molecular weight excluding hydrogens is 358 g/mol. The fraction of sp³-hybridized carbons (Fsp3) is 0.222. The lowest BCUT2D eigenvalue weighted by Gasteiger charge is -2.14. The number of fused-ring (bicyclic) bond motifs is 1. The van der Waals surface area contributed by atoms with Gasteiger partial charge >= 0.3 is 5.97 Å². The van der Waals surface area contributed by atoms with Crippen LogP contribution in [0, 0.1) is 25.5 Å². The summed E-state index contributed by atoms with van der Waals surface area (Å²) in [5.74, 6) is -3.55. The number of hydrogen-bond donors (Lipinski definition) is 1. The molecule has 0 bridgehead atoms. The van der Waals surface area contributed by atoms with E-state index in [1.165, 1.54) is 23.7 Å². The number of aryl methyl sites for hydroxylation is 2. The van der Waals surface area contributed by atoms with E-state index >= 15 is 0 Å². The number of benzene rings is 1. The van der Waals surface area contributed by atoms with Gasteiger partial charge in [0.15, 0.2) is 11.8 Å². The molecule has 1 amide bonds. The predicted molar refractivity (Wildman–Crippen MR) is 92.3 cm³/mol. The Morgan fingerprint density at radius 1 is 1.22 bits per heavy atom. The van der Waals surface area contributed by atoms with E-state index in [-0.39, 0.29) is 5.56 Å². The maximum Gasteiger partial charge on any atom is 0.344 e. The Hall–Kier alpha value is -3.36. The largest absolute Gasteiger partial charge is 0.449 e. The number of nitrogens with zero attached hydrogens (tertiary/aromatic N) is 3. The Balaban J connectivity index is 1.77. The number of ether oxygens (including phenoxy) is 1. The van der Waals surface area contributed by atoms with Crippen LogP contribution in [0.3, 0.4) is 0 Å². The number of esters is 1. The molecule has 0 aliphatic rings. The van der Waals surface area contributed by atoms with Gasteiger partial charge in [-0.3, -0.25) is 4.79 Å². The Bertz CT molecular complexity index is 1030. The van der Waals surface area contributed by atoms with Gasteiger partial charge in [-0.2, -0.15) is 5.10 Å². The molecule has 3 rings (SSSR count). The van der Waals surface area contributed by atoms with Crippen molar-refractivity contribution in [3.05, 3.63) is 59.0 Å². The van der Waals surface area contributed by atoms with Crippen molar-refractivity contribution >= 4 is 23.2 Å². The van der Waals surface area contributed by atoms with E-state index < -0.39 is 35.3 Å². The van der Waals surface area contributed by atoms with Gasteiger partial charge in [0.2, 0.25) is 0 Å². The zero-order chi connectivity index (χ0) is 19.7. The van der Waals surface area contributed by atoms with Crippen LogP contribution in [-0.2, 0) is 9.53 Å². The Labute approximate surface area is 153 Å². The van der Waals surface area contributed by atoms with Gasteiger partial charge in [-0.1, -0.05) is 6.07 Å². The maximum absolute atomic E-state index is 13.6. The molecule has 3 aromatic rings. The van der Waals surface area contributed by atoms with Crippen molar-refractivity contribution < 1.29 is 23.1 Å². The average molecular weight is 374 g/mol. The molecule has 0 aliphatic heterocycles. The fourth-order valence-corrected chi connectivity index (χ4v) is 2.53. The Morgan fingerprint density at radius 3 is 2.56 bits per heavy atom. The zero-order valence-electron chi connectivity index (χ0n) is 14.8. The molecule has 1 aromatic carbocycles. The highest BCUT2D eigenvalue weighted by molar-refractivity contribution is 5.99. The normalized spacial score (nSPS) is 12.0. The van der Waals surface area contributed by atoms with Crippen LogP contribution in [0.4, 0.5) is 14.5 Å². The number of para-hydroxylation sites is 1. The van der Waals surface area contributed by atoms with E-state index in [4.69, 9.17) is 4.74 Å². The smallest absolute Gasteiger partial charge is 0.344 e. The van der Waals surface area contributed by atoms with Crippen molar-refractivity contribution in [1.29, 1.82) is 0 Å². The molecule has 0 saturated carbocycles. The summed E-state index contributed by atoms with van der Waals surface area (Å²) in [6.07, 6.45) is -0.00417. The number of amides is 1. The van der Waals surface area contributed by atoms with Gasteiger partial charge in [-0.15, -0.1) is 0 Å². The van der Waals surface area contributed by atoms with Crippen LogP contribution in [0.2, 0.25) is 0 Å². The lowest BCUT2D eigenvalue weighted by molar-refractivity contribution is -0.123. The molecule has 0 fully saturated rings. The summed E-state index contributed by atoms with van der Waals surface area (Å²) >= 11 is 0. The highest BCUT2D eigenvalue weighted by Crippen LogP contribution is 2.19. The van der Waals surface area contributed by atoms with Gasteiger partial charge < -0.3 is 10.1 Å². The number of halogens is 2. The summed E-state index contributed by atoms with van der Waals surface area (Å²) in [7, 11) is 0. The van der Waals surface area contributed by atoms with Crippen LogP contribution in [0.25, 0.3) is 5.65 Å². The predicted octanol–water partition coefficient (Wildman–Crippen LogP) is 2.81. The summed E-state index contributed by atoms with van der Waals surface area (Å²) in [4.78, 5) is 28.8. The van der Waals surface area contributed by atoms with Crippen molar-refractivity contribution in [2.24, 2.45) is 0 Å². The zero-order valence-corrected chi connectivity index (χ0v) is 14.8. The molecule has 0 unspecified atom stereocenters. The first-order valence-electron chi connectivity index (χ1n) is 8.05. The summed E-state index contributed by atoms with van der Waals surface area (Å²) < 4.78 is 33.8. The molecule has 0 radical (unpaired) electrons. The van der Waals surface area contributed by atoms with E-state index in [9.17, 15) is 18.4 Å². The van der Waals surface area contributed by atoms with E-state index in [0.29, 0.717) is 11.3 Å². The molecule has 2 heterocycles. The number of aromatic nitrogens is 3. The van der Waals surface area contributed by atoms with Crippen LogP contribution >= 0.6 is 0 Å². The van der Waals surface area contributed by atoms with E-state index in [0.717, 1.165) is 17.8 Å². The van der Waals surface area contributed by atoms with Gasteiger partial charge in [0.25, 0.3) is 5.91 Å². The van der Waals surface area contributed by atoms with E-state index in [1.807, 2.05) is 6.92 Å². The van der Waals surface area contributed by atoms with Gasteiger partial charge in [0.05, 0.1) is 6.20 Å². The monoisotopic (exact) mass is 374 g/mol. The molecule has 1 atom stereocenters. The minimum absolute atomic E-state index is 0.0820. The first-order chi connectivity index (χ1) is 12.8. The summed E-state index contributed by atoms with van der Waals surface area (Å²) in [6.45, 7) is 4.87. The van der Waals surface area contributed by atoms with Crippen molar-refractivity contribution in [3.63, 3.8) is 0 Å². The highest BCUT2D eigenvalue weighted by Gasteiger charge is 2.24. The third-order valence-electron chi connectivity index (χ3n) is 3.86. The van der Waals surface area contributed by atoms with Gasteiger partial charge in [0.1, 0.15) is 22.9 Å². The van der Waals surface area contributed by atoms with Crippen LogP contribution in [-0.4, -0.2) is 32.6 Å². The Kier molecular flexibility index (Phi) is 4.85. The van der Waals surface area contributed by atoms with Crippen LogP contribution < -0.4 is 5.32 Å². The molecule has 27 heavy (non-hydrogen) atoms. The second-order valence-corrected chi connectivity index (χ2v) is 5.97. The van der Waals surface area contributed by atoms with Gasteiger partial charge in [0, 0.05) is 11.4 Å². The van der Waals surface area contributed by atoms with Crippen LogP contribution in [0.15, 0.2) is 30.5 Å². The standard InChI is InChI=1S/C18H16F2N4O3/c1-9-7-10(2)24-16(22-9)12(8-21-24)18(26)27-11(3)17(25)23-15-13(19)5-4-6-14(15)20/h4-8,11H,1-3H3,(H,23,25)/t11-/m0/s1. The molecule has 9 heteroatoms. The molecule has 0 aliphatic carbocycles. The summed E-state index contributed by atoms with van der Waals surface area (Å²) in [6, 6.07) is 4.98. The van der Waals surface area contributed by atoms with Gasteiger partial charge in [-0.05, 0) is 39.0 Å². The first kappa shape index (κ1) is 18.4. The fourth-order valence-electron chi connectivity index (χ4n) is 2.53. The average Bonchev–Trinajstić information content (AvgIpc) is 3.02. The van der Waals surface area contributed by atoms with Crippen molar-refractivity contribution in [3.8, 4) is 0 Å². The number of anilines is 1. The number of rotatable bonds is 4. The van der Waals surface area contributed by atoms with Crippen molar-refractivity contribution in [1.82, 2.24) is 14.6 Å². The number of hydrogen-bond acceptors (Lipinski definition) is 5. The van der Waals surface area contributed by atoms with Crippen molar-refractivity contribution in [2.45, 2.75) is 26.9 Å². The number of nitrogens with one attached hydrogen (secondary N) is 1. The molecule has 2 aromatic heterocycles. The topological polar surface area (TPSA) is 85.6 Å². The second kappa shape index (κ2) is 7.10.